The highest BCUT2D eigenvalue weighted by atomic mass is 35.5. The number of para-hydroxylation sites is 1. The zero-order valence-electron chi connectivity index (χ0n) is 12.6. The molecule has 112 valence electrons. The zero-order valence-corrected chi connectivity index (χ0v) is 13.4. The molecular formula is C22H11ClO. The van der Waals surface area contributed by atoms with Gasteiger partial charge in [-0.2, -0.15) is 0 Å². The molecule has 0 amide bonds. The minimum atomic E-state index is 0.749. The fourth-order valence-corrected chi connectivity index (χ4v) is 4.40. The first-order valence-electron chi connectivity index (χ1n) is 7.99. The van der Waals surface area contributed by atoms with Crippen molar-refractivity contribution in [2.75, 3.05) is 0 Å². The van der Waals surface area contributed by atoms with Gasteiger partial charge in [0.1, 0.15) is 11.2 Å². The van der Waals surface area contributed by atoms with E-state index in [1.807, 2.05) is 18.2 Å². The minimum Gasteiger partial charge on any atom is -0.455 e. The lowest BCUT2D eigenvalue weighted by atomic mass is 10.0. The first-order chi connectivity index (χ1) is 11.8. The molecule has 24 heavy (non-hydrogen) atoms. The molecule has 5 aromatic rings. The van der Waals surface area contributed by atoms with Crippen molar-refractivity contribution in [3.05, 3.63) is 71.8 Å². The van der Waals surface area contributed by atoms with Crippen molar-refractivity contribution in [2.45, 2.75) is 0 Å². The fraction of sp³-hybridized carbons (Fsp3) is 0. The van der Waals surface area contributed by atoms with Crippen molar-refractivity contribution in [2.24, 2.45) is 0 Å². The van der Waals surface area contributed by atoms with Crippen LogP contribution in [0.3, 0.4) is 0 Å². The van der Waals surface area contributed by atoms with E-state index in [0.29, 0.717) is 0 Å². The molecule has 0 N–H and O–H groups in total. The Labute approximate surface area is 143 Å². The number of halogens is 1. The third-order valence-corrected chi connectivity index (χ3v) is 5.36. The molecule has 0 saturated carbocycles. The lowest BCUT2D eigenvalue weighted by Crippen LogP contribution is -1.79. The highest BCUT2D eigenvalue weighted by molar-refractivity contribution is 6.40. The van der Waals surface area contributed by atoms with Crippen LogP contribution in [-0.2, 0) is 0 Å². The van der Waals surface area contributed by atoms with Crippen molar-refractivity contribution in [1.82, 2.24) is 0 Å². The van der Waals surface area contributed by atoms with Crippen LogP contribution in [0.5, 0.6) is 0 Å². The van der Waals surface area contributed by atoms with Crippen LogP contribution in [0.2, 0.25) is 5.02 Å². The van der Waals surface area contributed by atoms with Crippen molar-refractivity contribution in [3.63, 3.8) is 0 Å². The summed E-state index contributed by atoms with van der Waals surface area (Å²) in [6.45, 7) is 0. The number of furan rings is 1. The van der Waals surface area contributed by atoms with E-state index in [2.05, 4.69) is 48.5 Å². The average molecular weight is 327 g/mol. The Morgan fingerprint density at radius 3 is 2.38 bits per heavy atom. The molecule has 6 rings (SSSR count). The Bertz CT molecular complexity index is 1310. The fourth-order valence-electron chi connectivity index (χ4n) is 4.11. The lowest BCUT2D eigenvalue weighted by molar-refractivity contribution is 0.670. The van der Waals surface area contributed by atoms with Gasteiger partial charge in [-0.05, 0) is 39.6 Å². The van der Waals surface area contributed by atoms with Gasteiger partial charge in [-0.1, -0.05) is 66.2 Å². The quantitative estimate of drug-likeness (QED) is 0.292. The molecule has 0 bridgehead atoms. The van der Waals surface area contributed by atoms with Gasteiger partial charge in [-0.25, -0.2) is 0 Å². The van der Waals surface area contributed by atoms with Crippen LogP contribution in [-0.4, -0.2) is 0 Å². The SMILES string of the molecule is Clc1cc2c(c3oc4ccccc4c13)-c1cccc3cccc-2c13. The zero-order chi connectivity index (χ0) is 15.8. The molecule has 0 radical (unpaired) electrons. The second-order valence-corrected chi connectivity index (χ2v) is 6.70. The van der Waals surface area contributed by atoms with E-state index in [4.69, 9.17) is 16.0 Å². The van der Waals surface area contributed by atoms with E-state index >= 15 is 0 Å². The molecule has 1 heterocycles. The molecule has 1 aromatic heterocycles. The van der Waals surface area contributed by atoms with Gasteiger partial charge in [-0.3, -0.25) is 0 Å². The number of rotatable bonds is 0. The van der Waals surface area contributed by atoms with Crippen LogP contribution >= 0.6 is 11.6 Å². The summed E-state index contributed by atoms with van der Waals surface area (Å²) in [7, 11) is 0. The molecule has 0 atom stereocenters. The summed E-state index contributed by atoms with van der Waals surface area (Å²) >= 11 is 6.68. The van der Waals surface area contributed by atoms with Crippen LogP contribution in [0.4, 0.5) is 0 Å². The number of benzene rings is 4. The molecule has 0 spiro atoms. The first-order valence-corrected chi connectivity index (χ1v) is 8.37. The number of fused-ring (bicyclic) bond motifs is 7. The summed E-state index contributed by atoms with van der Waals surface area (Å²) < 4.78 is 6.25. The van der Waals surface area contributed by atoms with Gasteiger partial charge in [0.05, 0.1) is 5.02 Å². The van der Waals surface area contributed by atoms with Gasteiger partial charge in [0, 0.05) is 16.3 Å². The molecular weight excluding hydrogens is 316 g/mol. The van der Waals surface area contributed by atoms with Gasteiger partial charge in [-0.15, -0.1) is 0 Å². The molecule has 1 aliphatic carbocycles. The van der Waals surface area contributed by atoms with Crippen molar-refractivity contribution >= 4 is 44.3 Å². The summed E-state index contributed by atoms with van der Waals surface area (Å²) in [6, 6.07) is 23.1. The third-order valence-electron chi connectivity index (χ3n) is 5.07. The second-order valence-electron chi connectivity index (χ2n) is 6.29. The van der Waals surface area contributed by atoms with Gasteiger partial charge in [0.15, 0.2) is 0 Å². The predicted octanol–water partition coefficient (Wildman–Crippen LogP) is 7.04. The number of hydrogen-bond donors (Lipinski definition) is 0. The maximum Gasteiger partial charge on any atom is 0.145 e. The summed E-state index contributed by atoms with van der Waals surface area (Å²) in [5.74, 6) is 0. The lowest BCUT2D eigenvalue weighted by Gasteiger charge is -2.04. The summed E-state index contributed by atoms with van der Waals surface area (Å²) in [5, 5.41) is 5.37. The standard InChI is InChI=1S/C22H11ClO/c23-17-11-16-13-8-3-5-12-6-4-9-15(19(12)13)20(16)22-21(17)14-7-1-2-10-18(14)24-22/h1-11H. The summed E-state index contributed by atoms with van der Waals surface area (Å²) in [6.07, 6.45) is 0. The van der Waals surface area contributed by atoms with Crippen LogP contribution in [0, 0.1) is 0 Å². The summed E-state index contributed by atoms with van der Waals surface area (Å²) in [5.41, 5.74) is 6.57. The minimum absolute atomic E-state index is 0.749. The molecule has 2 heteroatoms. The van der Waals surface area contributed by atoms with Crippen molar-refractivity contribution in [1.29, 1.82) is 0 Å². The maximum absolute atomic E-state index is 6.68. The van der Waals surface area contributed by atoms with Crippen LogP contribution < -0.4 is 0 Å². The third kappa shape index (κ3) is 1.37. The van der Waals surface area contributed by atoms with E-state index < -0.39 is 0 Å². The normalized spacial score (nSPS) is 12.4. The molecule has 0 aliphatic heterocycles. The second kappa shape index (κ2) is 4.19. The van der Waals surface area contributed by atoms with E-state index in [9.17, 15) is 0 Å². The topological polar surface area (TPSA) is 13.1 Å². The van der Waals surface area contributed by atoms with Crippen molar-refractivity contribution < 1.29 is 4.42 Å². The van der Waals surface area contributed by atoms with Gasteiger partial charge in [0.2, 0.25) is 0 Å². The van der Waals surface area contributed by atoms with Crippen LogP contribution in [0.1, 0.15) is 0 Å². The molecule has 0 saturated heterocycles. The Balaban J connectivity index is 1.92. The average Bonchev–Trinajstić information content (AvgIpc) is 3.14. The molecule has 0 unspecified atom stereocenters. The highest BCUT2D eigenvalue weighted by Gasteiger charge is 2.27. The van der Waals surface area contributed by atoms with E-state index in [0.717, 1.165) is 32.5 Å². The van der Waals surface area contributed by atoms with E-state index in [1.54, 1.807) is 0 Å². The highest BCUT2D eigenvalue weighted by Crippen LogP contribution is 2.53. The molecule has 0 fully saturated rings. The molecule has 4 aromatic carbocycles. The predicted molar refractivity (Wildman–Crippen MR) is 101 cm³/mol. The van der Waals surface area contributed by atoms with Crippen LogP contribution in [0.25, 0.3) is 55.0 Å². The van der Waals surface area contributed by atoms with Crippen molar-refractivity contribution in [3.8, 4) is 22.3 Å². The Kier molecular flexibility index (Phi) is 2.21. The van der Waals surface area contributed by atoms with Gasteiger partial charge >= 0.3 is 0 Å². The summed E-state index contributed by atoms with van der Waals surface area (Å²) in [4.78, 5) is 0. The molecule has 1 nitrogen and oxygen atoms in total. The maximum atomic E-state index is 6.68. The van der Waals surface area contributed by atoms with Crippen LogP contribution in [0.15, 0.2) is 71.1 Å². The van der Waals surface area contributed by atoms with E-state index in [1.165, 1.54) is 27.5 Å². The van der Waals surface area contributed by atoms with E-state index in [-0.39, 0.29) is 0 Å². The van der Waals surface area contributed by atoms with Gasteiger partial charge in [0.25, 0.3) is 0 Å². The first kappa shape index (κ1) is 12.6. The Hall–Kier alpha value is -2.77. The largest absolute Gasteiger partial charge is 0.455 e. The van der Waals surface area contributed by atoms with Gasteiger partial charge < -0.3 is 4.42 Å². The Morgan fingerprint density at radius 2 is 1.50 bits per heavy atom. The Morgan fingerprint density at radius 1 is 0.708 bits per heavy atom. The smallest absolute Gasteiger partial charge is 0.145 e. The number of hydrogen-bond acceptors (Lipinski definition) is 1. The monoisotopic (exact) mass is 326 g/mol. The molecule has 1 aliphatic rings.